The van der Waals surface area contributed by atoms with Gasteiger partial charge >= 0.3 is 0 Å². The van der Waals surface area contributed by atoms with E-state index in [1.54, 1.807) is 25.1 Å². The quantitative estimate of drug-likeness (QED) is 0.876. The molecule has 2 amide bonds. The maximum Gasteiger partial charge on any atom is 0.242 e. The molecule has 6 heteroatoms. The molecule has 0 saturated carbocycles. The number of carbonyl (C=O) groups excluding carboxylic acids is 2. The van der Waals surface area contributed by atoms with Gasteiger partial charge in [0.25, 0.3) is 0 Å². The van der Waals surface area contributed by atoms with Crippen molar-refractivity contribution < 1.29 is 9.59 Å². The Morgan fingerprint density at radius 1 is 1.26 bits per heavy atom. The van der Waals surface area contributed by atoms with Gasteiger partial charge < -0.3 is 10.6 Å². The van der Waals surface area contributed by atoms with E-state index in [4.69, 9.17) is 23.2 Å². The van der Waals surface area contributed by atoms with Gasteiger partial charge in [-0.3, -0.25) is 9.59 Å². The summed E-state index contributed by atoms with van der Waals surface area (Å²) in [7, 11) is 0. The van der Waals surface area contributed by atoms with Crippen LogP contribution in [0.25, 0.3) is 0 Å². The van der Waals surface area contributed by atoms with Crippen LogP contribution >= 0.6 is 23.2 Å². The van der Waals surface area contributed by atoms with Crippen LogP contribution in [0.2, 0.25) is 10.0 Å². The number of carbonyl (C=O) groups is 2. The fourth-order valence-corrected chi connectivity index (χ4v) is 2.08. The summed E-state index contributed by atoms with van der Waals surface area (Å²) in [5.74, 6) is -0.519. The highest BCUT2D eigenvalue weighted by atomic mass is 35.5. The lowest BCUT2D eigenvalue weighted by Gasteiger charge is -2.14. The zero-order chi connectivity index (χ0) is 14.4. The average Bonchev–Trinajstić information content (AvgIpc) is 2.34. The van der Waals surface area contributed by atoms with Gasteiger partial charge in [-0.1, -0.05) is 29.3 Å². The van der Waals surface area contributed by atoms with Crippen LogP contribution in [-0.2, 0) is 16.0 Å². The van der Waals surface area contributed by atoms with Crippen LogP contribution in [0.4, 0.5) is 0 Å². The highest BCUT2D eigenvalue weighted by molar-refractivity contribution is 6.36. The highest BCUT2D eigenvalue weighted by Gasteiger charge is 2.16. The van der Waals surface area contributed by atoms with E-state index in [1.165, 1.54) is 0 Å². The predicted molar refractivity (Wildman–Crippen MR) is 76.5 cm³/mol. The molecular formula is C13H16Cl2N2O2. The maximum atomic E-state index is 11.8. The molecule has 0 fully saturated rings. The summed E-state index contributed by atoms with van der Waals surface area (Å²) >= 11 is 12.0. The summed E-state index contributed by atoms with van der Waals surface area (Å²) in [4.78, 5) is 23.3. The Hall–Kier alpha value is -1.26. The Labute approximate surface area is 122 Å². The number of likely N-dealkylation sites (N-methyl/N-ethyl adjacent to an activating group) is 1. The van der Waals surface area contributed by atoms with Crippen molar-refractivity contribution in [2.75, 3.05) is 6.54 Å². The minimum Gasteiger partial charge on any atom is -0.355 e. The molecule has 1 aromatic carbocycles. The summed E-state index contributed by atoms with van der Waals surface area (Å²) in [6, 6.07) is 4.46. The first-order chi connectivity index (χ1) is 8.95. The fraction of sp³-hybridized carbons (Fsp3) is 0.385. The number of rotatable bonds is 5. The second-order valence-electron chi connectivity index (χ2n) is 4.06. The Balaban J connectivity index is 2.63. The first-order valence-electron chi connectivity index (χ1n) is 5.95. The van der Waals surface area contributed by atoms with Crippen molar-refractivity contribution >= 4 is 35.0 Å². The Morgan fingerprint density at radius 3 is 2.37 bits per heavy atom. The summed E-state index contributed by atoms with van der Waals surface area (Å²) in [6.07, 6.45) is 0.0439. The summed E-state index contributed by atoms with van der Waals surface area (Å²) in [6.45, 7) is 3.96. The van der Waals surface area contributed by atoms with Gasteiger partial charge in [-0.05, 0) is 31.5 Å². The number of nitrogens with one attached hydrogen (secondary N) is 2. The average molecular weight is 303 g/mol. The molecule has 1 aromatic rings. The molecule has 0 radical (unpaired) electrons. The second kappa shape index (κ2) is 7.36. The molecule has 0 spiro atoms. The fourth-order valence-electron chi connectivity index (χ4n) is 1.55. The molecule has 19 heavy (non-hydrogen) atoms. The normalized spacial score (nSPS) is 11.8. The summed E-state index contributed by atoms with van der Waals surface area (Å²) in [5.41, 5.74) is 0.562. The summed E-state index contributed by atoms with van der Waals surface area (Å²) < 4.78 is 0. The molecule has 0 aromatic heterocycles. The van der Waals surface area contributed by atoms with Crippen molar-refractivity contribution in [3.8, 4) is 0 Å². The predicted octanol–water partition coefficient (Wildman–Crippen LogP) is 2.18. The van der Waals surface area contributed by atoms with Crippen LogP contribution in [0.5, 0.6) is 0 Å². The van der Waals surface area contributed by atoms with Crippen LogP contribution in [0, 0.1) is 0 Å². The lowest BCUT2D eigenvalue weighted by atomic mass is 10.1. The van der Waals surface area contributed by atoms with Crippen LogP contribution in [0.3, 0.4) is 0 Å². The van der Waals surface area contributed by atoms with Gasteiger partial charge in [0.2, 0.25) is 11.8 Å². The molecule has 0 saturated heterocycles. The maximum absolute atomic E-state index is 11.8. The van der Waals surface area contributed by atoms with Crippen molar-refractivity contribution in [1.82, 2.24) is 10.6 Å². The SMILES string of the molecule is CCNC(=O)C(C)NC(=O)Cc1c(Cl)cccc1Cl. The third kappa shape index (κ3) is 4.73. The van der Waals surface area contributed by atoms with E-state index in [9.17, 15) is 9.59 Å². The van der Waals surface area contributed by atoms with Crippen LogP contribution in [0.15, 0.2) is 18.2 Å². The molecule has 0 heterocycles. The number of amides is 2. The Kier molecular flexibility index (Phi) is 6.12. The lowest BCUT2D eigenvalue weighted by Crippen LogP contribution is -2.45. The molecule has 2 N–H and O–H groups in total. The van der Waals surface area contributed by atoms with Crippen molar-refractivity contribution in [1.29, 1.82) is 0 Å². The molecule has 0 aliphatic carbocycles. The Bertz CT molecular complexity index is 457. The van der Waals surface area contributed by atoms with E-state index in [0.29, 0.717) is 22.2 Å². The smallest absolute Gasteiger partial charge is 0.242 e. The number of halogens is 2. The standard InChI is InChI=1S/C13H16Cl2N2O2/c1-3-16-13(19)8(2)17-12(18)7-9-10(14)5-4-6-11(9)15/h4-6,8H,3,7H2,1-2H3,(H,16,19)(H,17,18). The molecule has 0 bridgehead atoms. The molecule has 104 valence electrons. The lowest BCUT2D eigenvalue weighted by molar-refractivity contribution is -0.128. The van der Waals surface area contributed by atoms with E-state index in [-0.39, 0.29) is 18.2 Å². The molecule has 1 unspecified atom stereocenters. The van der Waals surface area contributed by atoms with Crippen LogP contribution < -0.4 is 10.6 Å². The van der Waals surface area contributed by atoms with Gasteiger partial charge in [-0.25, -0.2) is 0 Å². The van der Waals surface area contributed by atoms with Gasteiger partial charge in [0.1, 0.15) is 6.04 Å². The highest BCUT2D eigenvalue weighted by Crippen LogP contribution is 2.24. The number of hydrogen-bond donors (Lipinski definition) is 2. The zero-order valence-electron chi connectivity index (χ0n) is 10.8. The molecule has 0 aliphatic rings. The molecule has 0 aliphatic heterocycles. The number of benzene rings is 1. The number of hydrogen-bond acceptors (Lipinski definition) is 2. The third-order valence-corrected chi connectivity index (χ3v) is 3.23. The van der Waals surface area contributed by atoms with Gasteiger partial charge in [-0.15, -0.1) is 0 Å². The first-order valence-corrected chi connectivity index (χ1v) is 6.71. The van der Waals surface area contributed by atoms with Gasteiger partial charge in [0, 0.05) is 16.6 Å². The van der Waals surface area contributed by atoms with Crippen molar-refractivity contribution in [3.63, 3.8) is 0 Å². The van der Waals surface area contributed by atoms with Crippen molar-refractivity contribution in [2.24, 2.45) is 0 Å². The Morgan fingerprint density at radius 2 is 1.84 bits per heavy atom. The van der Waals surface area contributed by atoms with E-state index in [2.05, 4.69) is 10.6 Å². The van der Waals surface area contributed by atoms with Gasteiger partial charge in [-0.2, -0.15) is 0 Å². The molecule has 1 atom stereocenters. The van der Waals surface area contributed by atoms with E-state index < -0.39 is 6.04 Å². The van der Waals surface area contributed by atoms with Crippen molar-refractivity contribution in [2.45, 2.75) is 26.3 Å². The third-order valence-electron chi connectivity index (χ3n) is 2.52. The van der Waals surface area contributed by atoms with E-state index in [0.717, 1.165) is 0 Å². The molecule has 4 nitrogen and oxygen atoms in total. The second-order valence-corrected chi connectivity index (χ2v) is 4.88. The van der Waals surface area contributed by atoms with E-state index >= 15 is 0 Å². The minimum absolute atomic E-state index is 0.0439. The molecular weight excluding hydrogens is 287 g/mol. The first kappa shape index (κ1) is 15.8. The monoisotopic (exact) mass is 302 g/mol. The summed E-state index contributed by atoms with van der Waals surface area (Å²) in [5, 5.41) is 6.11. The largest absolute Gasteiger partial charge is 0.355 e. The van der Waals surface area contributed by atoms with Crippen LogP contribution in [-0.4, -0.2) is 24.4 Å². The molecule has 1 rings (SSSR count). The topological polar surface area (TPSA) is 58.2 Å². The van der Waals surface area contributed by atoms with Crippen LogP contribution in [0.1, 0.15) is 19.4 Å². The van der Waals surface area contributed by atoms with Crippen molar-refractivity contribution in [3.05, 3.63) is 33.8 Å². The van der Waals surface area contributed by atoms with Gasteiger partial charge in [0.05, 0.1) is 6.42 Å². The van der Waals surface area contributed by atoms with Gasteiger partial charge in [0.15, 0.2) is 0 Å². The minimum atomic E-state index is -0.589. The zero-order valence-corrected chi connectivity index (χ0v) is 12.3. The van der Waals surface area contributed by atoms with E-state index in [1.807, 2.05) is 6.92 Å².